The van der Waals surface area contributed by atoms with Crippen molar-refractivity contribution in [2.24, 2.45) is 0 Å². The van der Waals surface area contributed by atoms with Crippen molar-refractivity contribution in [2.45, 2.75) is 20.5 Å². The minimum Gasteiger partial charge on any atom is -0.378 e. The second-order valence-electron chi connectivity index (χ2n) is 3.40. The molecule has 2 aromatic heterocycles. The van der Waals surface area contributed by atoms with Crippen LogP contribution in [0.1, 0.15) is 17.1 Å². The van der Waals surface area contributed by atoms with Crippen LogP contribution in [-0.4, -0.2) is 21.7 Å². The molecule has 14 heavy (non-hydrogen) atoms. The maximum atomic E-state index is 5.14. The summed E-state index contributed by atoms with van der Waals surface area (Å²) < 4.78 is 7.15. The molecule has 2 heterocycles. The zero-order valence-corrected chi connectivity index (χ0v) is 8.61. The fraction of sp³-hybridized carbons (Fsp3) is 0.400. The first-order chi connectivity index (χ1) is 6.72. The largest absolute Gasteiger partial charge is 0.378 e. The maximum absolute atomic E-state index is 5.14. The molecule has 0 aliphatic rings. The molecule has 0 bridgehead atoms. The molecule has 2 aromatic rings. The second-order valence-corrected chi connectivity index (χ2v) is 3.40. The summed E-state index contributed by atoms with van der Waals surface area (Å²) in [5, 5.41) is 8.12. The number of fused-ring (bicyclic) bond motifs is 1. The number of aromatic nitrogens is 3. The third-order valence-electron chi connectivity index (χ3n) is 2.18. The lowest BCUT2D eigenvalue weighted by atomic mass is 10.2. The summed E-state index contributed by atoms with van der Waals surface area (Å²) in [4.78, 5) is 0. The van der Waals surface area contributed by atoms with Crippen LogP contribution < -0.4 is 0 Å². The fourth-order valence-corrected chi connectivity index (χ4v) is 1.65. The zero-order valence-electron chi connectivity index (χ0n) is 8.61. The average Bonchev–Trinajstić information content (AvgIpc) is 2.48. The fourth-order valence-electron chi connectivity index (χ4n) is 1.65. The molecule has 74 valence electrons. The number of hydrogen-bond acceptors (Lipinski definition) is 3. The molecule has 0 aliphatic heterocycles. The van der Waals surface area contributed by atoms with Crippen molar-refractivity contribution in [1.29, 1.82) is 0 Å². The van der Waals surface area contributed by atoms with E-state index in [0.717, 1.165) is 17.2 Å². The van der Waals surface area contributed by atoms with Crippen LogP contribution in [0.3, 0.4) is 0 Å². The van der Waals surface area contributed by atoms with Crippen LogP contribution in [0.15, 0.2) is 12.1 Å². The minimum absolute atomic E-state index is 0.580. The van der Waals surface area contributed by atoms with Gasteiger partial charge in [-0.1, -0.05) is 0 Å². The lowest BCUT2D eigenvalue weighted by Crippen LogP contribution is -2.01. The van der Waals surface area contributed by atoms with E-state index in [1.807, 2.05) is 24.3 Å². The van der Waals surface area contributed by atoms with Gasteiger partial charge in [-0.15, -0.1) is 10.2 Å². The molecule has 0 atom stereocenters. The van der Waals surface area contributed by atoms with Crippen LogP contribution in [0.5, 0.6) is 0 Å². The first kappa shape index (κ1) is 9.15. The van der Waals surface area contributed by atoms with Gasteiger partial charge in [-0.05, 0) is 31.5 Å². The molecule has 0 unspecified atom stereocenters. The molecule has 2 rings (SSSR count). The number of pyridine rings is 1. The van der Waals surface area contributed by atoms with Crippen LogP contribution in [0.2, 0.25) is 0 Å². The second kappa shape index (κ2) is 3.38. The van der Waals surface area contributed by atoms with Gasteiger partial charge in [0.2, 0.25) is 0 Å². The monoisotopic (exact) mass is 191 g/mol. The highest BCUT2D eigenvalue weighted by atomic mass is 16.5. The van der Waals surface area contributed by atoms with Crippen molar-refractivity contribution in [2.75, 3.05) is 7.11 Å². The Morgan fingerprint density at radius 1 is 1.29 bits per heavy atom. The normalized spacial score (nSPS) is 11.1. The van der Waals surface area contributed by atoms with Crippen LogP contribution >= 0.6 is 0 Å². The highest BCUT2D eigenvalue weighted by molar-refractivity contribution is 5.43. The maximum Gasteiger partial charge on any atom is 0.161 e. The third-order valence-corrected chi connectivity index (χ3v) is 2.18. The van der Waals surface area contributed by atoms with Crippen molar-refractivity contribution in [3.63, 3.8) is 0 Å². The molecule has 0 fully saturated rings. The van der Waals surface area contributed by atoms with Crippen LogP contribution in [-0.2, 0) is 11.3 Å². The molecule has 0 amide bonds. The molecule has 0 aliphatic carbocycles. The van der Waals surface area contributed by atoms with Crippen LogP contribution in [0.25, 0.3) is 5.65 Å². The first-order valence-corrected chi connectivity index (χ1v) is 4.52. The molecule has 0 saturated carbocycles. The predicted molar refractivity (Wildman–Crippen MR) is 53.2 cm³/mol. The quantitative estimate of drug-likeness (QED) is 0.722. The Hall–Kier alpha value is -1.42. The number of methoxy groups -OCH3 is 1. The summed E-state index contributed by atoms with van der Waals surface area (Å²) in [5.41, 5.74) is 3.15. The Kier molecular flexibility index (Phi) is 2.21. The molecule has 0 N–H and O–H groups in total. The lowest BCUT2D eigenvalue weighted by Gasteiger charge is -2.06. The van der Waals surface area contributed by atoms with Gasteiger partial charge in [0.25, 0.3) is 0 Å². The smallest absolute Gasteiger partial charge is 0.161 e. The summed E-state index contributed by atoms with van der Waals surface area (Å²) in [6.07, 6.45) is 0. The van der Waals surface area contributed by atoms with E-state index in [4.69, 9.17) is 4.74 Å². The van der Waals surface area contributed by atoms with E-state index in [2.05, 4.69) is 16.3 Å². The molecule has 4 heteroatoms. The Balaban J connectivity index is 2.70. The Morgan fingerprint density at radius 2 is 2.07 bits per heavy atom. The van der Waals surface area contributed by atoms with Crippen molar-refractivity contribution >= 4 is 5.65 Å². The van der Waals surface area contributed by atoms with Crippen molar-refractivity contribution in [3.8, 4) is 0 Å². The zero-order chi connectivity index (χ0) is 10.1. The molecule has 0 saturated heterocycles. The van der Waals surface area contributed by atoms with Gasteiger partial charge in [0.1, 0.15) is 5.82 Å². The van der Waals surface area contributed by atoms with E-state index in [9.17, 15) is 0 Å². The van der Waals surface area contributed by atoms with E-state index >= 15 is 0 Å². The summed E-state index contributed by atoms with van der Waals surface area (Å²) in [6, 6.07) is 4.10. The van der Waals surface area contributed by atoms with Gasteiger partial charge in [0.15, 0.2) is 5.65 Å². The Morgan fingerprint density at radius 3 is 2.79 bits per heavy atom. The number of ether oxygens (including phenoxy) is 1. The number of aryl methyl sites for hydroxylation is 2. The minimum atomic E-state index is 0.580. The van der Waals surface area contributed by atoms with Crippen molar-refractivity contribution < 1.29 is 4.74 Å². The van der Waals surface area contributed by atoms with Gasteiger partial charge in [0, 0.05) is 7.11 Å². The van der Waals surface area contributed by atoms with Gasteiger partial charge in [-0.3, -0.25) is 4.40 Å². The van der Waals surface area contributed by atoms with E-state index in [-0.39, 0.29) is 0 Å². The summed E-state index contributed by atoms with van der Waals surface area (Å²) in [7, 11) is 1.69. The van der Waals surface area contributed by atoms with Gasteiger partial charge < -0.3 is 4.74 Å². The lowest BCUT2D eigenvalue weighted by molar-refractivity contribution is 0.180. The van der Waals surface area contributed by atoms with Gasteiger partial charge in [-0.25, -0.2) is 0 Å². The highest BCUT2D eigenvalue weighted by Gasteiger charge is 2.06. The molecule has 0 aromatic carbocycles. The number of nitrogens with zero attached hydrogens (tertiary/aromatic N) is 3. The topological polar surface area (TPSA) is 39.4 Å². The molecular weight excluding hydrogens is 178 g/mol. The van der Waals surface area contributed by atoms with Gasteiger partial charge in [-0.2, -0.15) is 0 Å². The SMILES string of the molecule is COCc1cc(C)cc2nnc(C)n12. The standard InChI is InChI=1S/C10H13N3O/c1-7-4-9(6-14-3)13-8(2)11-12-10(13)5-7/h4-5H,6H2,1-3H3. The van der Waals surface area contributed by atoms with E-state index in [0.29, 0.717) is 6.61 Å². The van der Waals surface area contributed by atoms with E-state index < -0.39 is 0 Å². The summed E-state index contributed by atoms with van der Waals surface area (Å²) in [6.45, 7) is 4.56. The Labute approximate surface area is 82.5 Å². The van der Waals surface area contributed by atoms with E-state index in [1.54, 1.807) is 7.11 Å². The van der Waals surface area contributed by atoms with Crippen LogP contribution in [0, 0.1) is 13.8 Å². The molecular formula is C10H13N3O. The number of hydrogen-bond donors (Lipinski definition) is 0. The van der Waals surface area contributed by atoms with Crippen molar-refractivity contribution in [1.82, 2.24) is 14.6 Å². The van der Waals surface area contributed by atoms with Crippen LogP contribution in [0.4, 0.5) is 0 Å². The van der Waals surface area contributed by atoms with Gasteiger partial charge in [0.05, 0.1) is 12.3 Å². The summed E-state index contributed by atoms with van der Waals surface area (Å²) >= 11 is 0. The highest BCUT2D eigenvalue weighted by Crippen LogP contribution is 2.12. The van der Waals surface area contributed by atoms with E-state index in [1.165, 1.54) is 5.56 Å². The third kappa shape index (κ3) is 1.37. The summed E-state index contributed by atoms with van der Waals surface area (Å²) in [5.74, 6) is 0.895. The Bertz CT molecular complexity index is 462. The molecule has 0 spiro atoms. The molecule has 4 nitrogen and oxygen atoms in total. The number of rotatable bonds is 2. The van der Waals surface area contributed by atoms with Crippen molar-refractivity contribution in [3.05, 3.63) is 29.2 Å². The molecule has 0 radical (unpaired) electrons. The van der Waals surface area contributed by atoms with Gasteiger partial charge >= 0.3 is 0 Å². The first-order valence-electron chi connectivity index (χ1n) is 4.52. The average molecular weight is 191 g/mol. The predicted octanol–water partition coefficient (Wildman–Crippen LogP) is 1.49.